The third-order valence-corrected chi connectivity index (χ3v) is 3.74. The van der Waals surface area contributed by atoms with Crippen LogP contribution >= 0.6 is 15.9 Å². The molecule has 0 radical (unpaired) electrons. The minimum atomic E-state index is 0.209. The van der Waals surface area contributed by atoms with Crippen molar-refractivity contribution in [3.8, 4) is 5.75 Å². The molecule has 1 aliphatic rings. The van der Waals surface area contributed by atoms with Gasteiger partial charge < -0.3 is 4.74 Å². The molecule has 1 unspecified atom stereocenters. The van der Waals surface area contributed by atoms with E-state index in [-0.39, 0.29) is 6.10 Å². The number of aryl methyl sites for hydroxylation is 1. The first-order valence-electron chi connectivity index (χ1n) is 5.90. The Hall–Kier alpha value is -0.760. The molecule has 0 N–H and O–H groups in total. The fourth-order valence-corrected chi connectivity index (χ4v) is 2.48. The van der Waals surface area contributed by atoms with Crippen molar-refractivity contribution in [2.75, 3.05) is 0 Å². The van der Waals surface area contributed by atoms with Crippen LogP contribution in [0.4, 0.5) is 0 Å². The van der Waals surface area contributed by atoms with Gasteiger partial charge in [-0.2, -0.15) is 0 Å². The van der Waals surface area contributed by atoms with E-state index in [2.05, 4.69) is 47.1 Å². The van der Waals surface area contributed by atoms with Crippen LogP contribution < -0.4 is 4.74 Å². The highest BCUT2D eigenvalue weighted by Gasteiger charge is 2.17. The fraction of sp³-hybridized carbons (Fsp3) is 0.429. The fourth-order valence-electron chi connectivity index (χ4n) is 1.93. The Morgan fingerprint density at radius 1 is 1.44 bits per heavy atom. The van der Waals surface area contributed by atoms with E-state index in [4.69, 9.17) is 4.74 Å². The highest BCUT2D eigenvalue weighted by atomic mass is 79.9. The second-order valence-corrected chi connectivity index (χ2v) is 5.04. The van der Waals surface area contributed by atoms with Crippen molar-refractivity contribution in [2.45, 2.75) is 38.7 Å². The minimum absolute atomic E-state index is 0.209. The lowest BCUT2D eigenvalue weighted by molar-refractivity contribution is 0.226. The average molecular weight is 281 g/mol. The maximum absolute atomic E-state index is 5.99. The average Bonchev–Trinajstić information content (AvgIpc) is 2.32. The number of ether oxygens (including phenoxy) is 1. The summed E-state index contributed by atoms with van der Waals surface area (Å²) in [4.78, 5) is 0. The van der Waals surface area contributed by atoms with Crippen LogP contribution in [-0.2, 0) is 6.42 Å². The molecule has 0 heterocycles. The molecule has 1 aliphatic carbocycles. The van der Waals surface area contributed by atoms with Gasteiger partial charge in [-0.25, -0.2) is 0 Å². The monoisotopic (exact) mass is 280 g/mol. The number of benzene rings is 1. The Bertz CT molecular complexity index is 384. The number of halogens is 1. The van der Waals surface area contributed by atoms with E-state index in [0.717, 1.165) is 25.0 Å². The van der Waals surface area contributed by atoms with E-state index in [9.17, 15) is 0 Å². The van der Waals surface area contributed by atoms with E-state index < -0.39 is 0 Å². The molecule has 0 aliphatic heterocycles. The van der Waals surface area contributed by atoms with Crippen molar-refractivity contribution in [1.82, 2.24) is 0 Å². The number of hydrogen-bond acceptors (Lipinski definition) is 1. The molecule has 86 valence electrons. The highest BCUT2D eigenvalue weighted by Crippen LogP contribution is 2.27. The molecule has 0 fully saturated rings. The van der Waals surface area contributed by atoms with Crippen molar-refractivity contribution in [2.24, 2.45) is 0 Å². The zero-order valence-corrected chi connectivity index (χ0v) is 11.2. The van der Waals surface area contributed by atoms with E-state index in [0.29, 0.717) is 0 Å². The van der Waals surface area contributed by atoms with E-state index in [1.165, 1.54) is 16.5 Å². The Morgan fingerprint density at radius 2 is 2.31 bits per heavy atom. The third kappa shape index (κ3) is 2.88. The van der Waals surface area contributed by atoms with Gasteiger partial charge in [0.25, 0.3) is 0 Å². The zero-order valence-electron chi connectivity index (χ0n) is 9.58. The van der Waals surface area contributed by atoms with Gasteiger partial charge in [0, 0.05) is 4.48 Å². The van der Waals surface area contributed by atoms with Crippen LogP contribution in [0.15, 0.2) is 34.8 Å². The van der Waals surface area contributed by atoms with Crippen molar-refractivity contribution in [3.63, 3.8) is 0 Å². The van der Waals surface area contributed by atoms with Crippen LogP contribution in [0.3, 0.4) is 0 Å². The Labute approximate surface area is 106 Å². The summed E-state index contributed by atoms with van der Waals surface area (Å²) >= 11 is 3.58. The Kier molecular flexibility index (Phi) is 4.05. The maximum atomic E-state index is 5.99. The quantitative estimate of drug-likeness (QED) is 0.794. The molecule has 0 aromatic heterocycles. The van der Waals surface area contributed by atoms with Crippen LogP contribution in [0.25, 0.3) is 0 Å². The van der Waals surface area contributed by atoms with Gasteiger partial charge >= 0.3 is 0 Å². The molecule has 1 aromatic rings. The third-order valence-electron chi connectivity index (χ3n) is 2.90. The summed E-state index contributed by atoms with van der Waals surface area (Å²) in [6.07, 6.45) is 6.97. The molecular weight excluding hydrogens is 264 g/mol. The van der Waals surface area contributed by atoms with Crippen LogP contribution in [0.5, 0.6) is 5.75 Å². The van der Waals surface area contributed by atoms with Crippen LogP contribution in [0, 0.1) is 0 Å². The molecule has 0 saturated heterocycles. The van der Waals surface area contributed by atoms with Crippen molar-refractivity contribution in [1.29, 1.82) is 0 Å². The molecule has 2 rings (SSSR count). The predicted molar refractivity (Wildman–Crippen MR) is 71.1 cm³/mol. The summed E-state index contributed by atoms with van der Waals surface area (Å²) < 4.78 is 7.19. The van der Waals surface area contributed by atoms with Crippen molar-refractivity contribution >= 4 is 15.9 Å². The SMILES string of the molecule is CCc1cccc(OC2CCCC=C2Br)c1. The van der Waals surface area contributed by atoms with E-state index in [1.54, 1.807) is 0 Å². The van der Waals surface area contributed by atoms with Crippen LogP contribution in [-0.4, -0.2) is 6.10 Å². The van der Waals surface area contributed by atoms with E-state index >= 15 is 0 Å². The molecule has 0 amide bonds. The normalized spacial score (nSPS) is 20.4. The summed E-state index contributed by atoms with van der Waals surface area (Å²) in [7, 11) is 0. The molecule has 0 saturated carbocycles. The van der Waals surface area contributed by atoms with Gasteiger partial charge in [-0.1, -0.05) is 41.1 Å². The summed E-state index contributed by atoms with van der Waals surface area (Å²) in [6.45, 7) is 2.16. The smallest absolute Gasteiger partial charge is 0.130 e. The van der Waals surface area contributed by atoms with Crippen LogP contribution in [0.1, 0.15) is 31.7 Å². The number of rotatable bonds is 3. The second kappa shape index (κ2) is 5.53. The molecule has 1 nitrogen and oxygen atoms in total. The van der Waals surface area contributed by atoms with Gasteiger partial charge in [-0.3, -0.25) is 0 Å². The topological polar surface area (TPSA) is 9.23 Å². The predicted octanol–water partition coefficient (Wildman–Crippen LogP) is 4.46. The van der Waals surface area contributed by atoms with Crippen LogP contribution in [0.2, 0.25) is 0 Å². The standard InChI is InChI=1S/C14H17BrO/c1-2-11-6-5-7-12(10-11)16-14-9-4-3-8-13(14)15/h5-8,10,14H,2-4,9H2,1H3. The molecule has 1 aromatic carbocycles. The maximum Gasteiger partial charge on any atom is 0.130 e. The molecular formula is C14H17BrO. The lowest BCUT2D eigenvalue weighted by atomic mass is 10.1. The molecule has 0 spiro atoms. The van der Waals surface area contributed by atoms with Crippen molar-refractivity contribution in [3.05, 3.63) is 40.4 Å². The first kappa shape index (κ1) is 11.7. The molecule has 2 heteroatoms. The van der Waals surface area contributed by atoms with Gasteiger partial charge in [0.05, 0.1) is 0 Å². The summed E-state index contributed by atoms with van der Waals surface area (Å²) in [6, 6.07) is 8.37. The zero-order chi connectivity index (χ0) is 11.4. The minimum Gasteiger partial charge on any atom is -0.485 e. The summed E-state index contributed by atoms with van der Waals surface area (Å²) in [5, 5.41) is 0. The largest absolute Gasteiger partial charge is 0.485 e. The Balaban J connectivity index is 2.08. The van der Waals surface area contributed by atoms with Gasteiger partial charge in [0.15, 0.2) is 0 Å². The lowest BCUT2D eigenvalue weighted by Gasteiger charge is -2.22. The van der Waals surface area contributed by atoms with Gasteiger partial charge in [-0.15, -0.1) is 0 Å². The molecule has 0 bridgehead atoms. The van der Waals surface area contributed by atoms with Gasteiger partial charge in [0.1, 0.15) is 11.9 Å². The number of hydrogen-bond donors (Lipinski definition) is 0. The summed E-state index contributed by atoms with van der Waals surface area (Å²) in [5.41, 5.74) is 1.33. The first-order chi connectivity index (χ1) is 7.79. The first-order valence-corrected chi connectivity index (χ1v) is 6.70. The highest BCUT2D eigenvalue weighted by molar-refractivity contribution is 9.11. The van der Waals surface area contributed by atoms with E-state index in [1.807, 2.05) is 6.07 Å². The van der Waals surface area contributed by atoms with Crippen molar-refractivity contribution < 1.29 is 4.74 Å². The van der Waals surface area contributed by atoms with Gasteiger partial charge in [0.2, 0.25) is 0 Å². The lowest BCUT2D eigenvalue weighted by Crippen LogP contribution is -2.19. The second-order valence-electron chi connectivity index (χ2n) is 4.13. The van der Waals surface area contributed by atoms with Gasteiger partial charge in [-0.05, 0) is 43.4 Å². The Morgan fingerprint density at radius 3 is 3.06 bits per heavy atom. The number of allylic oxidation sites excluding steroid dienone is 1. The summed E-state index contributed by atoms with van der Waals surface area (Å²) in [5.74, 6) is 0.983. The molecule has 16 heavy (non-hydrogen) atoms. The molecule has 1 atom stereocenters.